The molecule has 0 aliphatic carbocycles. The van der Waals surface area contributed by atoms with Gasteiger partial charge >= 0.3 is 6.01 Å². The number of thioether (sulfide) groups is 1. The van der Waals surface area contributed by atoms with Crippen LogP contribution in [0.2, 0.25) is 0 Å². The van der Waals surface area contributed by atoms with E-state index in [0.717, 1.165) is 16.0 Å². The highest BCUT2D eigenvalue weighted by Gasteiger charge is 2.19. The van der Waals surface area contributed by atoms with Crippen LogP contribution in [0.1, 0.15) is 30.9 Å². The quantitative estimate of drug-likeness (QED) is 0.527. The topological polar surface area (TPSA) is 102 Å². The summed E-state index contributed by atoms with van der Waals surface area (Å²) in [6.07, 6.45) is 2.54. The minimum atomic E-state index is -3.31. The first-order valence-corrected chi connectivity index (χ1v) is 12.1. The number of nitrogens with one attached hydrogen (secondary N) is 1. The van der Waals surface area contributed by atoms with Crippen molar-refractivity contribution in [1.82, 2.24) is 10.2 Å². The fourth-order valence-electron chi connectivity index (χ4n) is 2.71. The van der Waals surface area contributed by atoms with Gasteiger partial charge < -0.3 is 4.42 Å². The highest BCUT2D eigenvalue weighted by atomic mass is 32.2. The largest absolute Gasteiger partial charge is 0.407 e. The van der Waals surface area contributed by atoms with Crippen molar-refractivity contribution in [2.24, 2.45) is 0 Å². The molecule has 0 aliphatic heterocycles. The number of anilines is 1. The minimum absolute atomic E-state index is 0.0368. The predicted molar refractivity (Wildman–Crippen MR) is 116 cm³/mol. The molecule has 1 N–H and O–H groups in total. The number of rotatable bonds is 8. The van der Waals surface area contributed by atoms with Crippen molar-refractivity contribution in [2.75, 3.05) is 11.6 Å². The first-order valence-electron chi connectivity index (χ1n) is 9.36. The van der Waals surface area contributed by atoms with E-state index in [9.17, 15) is 13.2 Å². The molecule has 30 heavy (non-hydrogen) atoms. The molecule has 0 fully saturated rings. The second-order valence-corrected chi connectivity index (χ2v) is 10.4. The lowest BCUT2D eigenvalue weighted by atomic mass is 10.1. The van der Waals surface area contributed by atoms with Crippen LogP contribution in [0.25, 0.3) is 0 Å². The van der Waals surface area contributed by atoms with Crippen LogP contribution in [-0.2, 0) is 27.5 Å². The maximum Gasteiger partial charge on any atom is 0.322 e. The molecule has 158 valence electrons. The smallest absolute Gasteiger partial charge is 0.322 e. The summed E-state index contributed by atoms with van der Waals surface area (Å²) in [6.45, 7) is 3.30. The van der Waals surface area contributed by atoms with Gasteiger partial charge in [-0.25, -0.2) is 8.42 Å². The van der Waals surface area contributed by atoms with Crippen molar-refractivity contribution in [3.05, 3.63) is 65.5 Å². The molecule has 0 unspecified atom stereocenters. The Morgan fingerprint density at radius 1 is 1.03 bits per heavy atom. The van der Waals surface area contributed by atoms with Gasteiger partial charge in [0, 0.05) is 4.90 Å². The molecule has 0 aliphatic rings. The van der Waals surface area contributed by atoms with Crippen LogP contribution in [0.5, 0.6) is 0 Å². The number of hydrogen-bond donors (Lipinski definition) is 1. The molecule has 2 aromatic carbocycles. The van der Waals surface area contributed by atoms with Crippen LogP contribution < -0.4 is 5.32 Å². The molecule has 3 rings (SSSR count). The Kier molecular flexibility index (Phi) is 6.94. The summed E-state index contributed by atoms with van der Waals surface area (Å²) >= 11 is 1.64. The van der Waals surface area contributed by atoms with Gasteiger partial charge in [-0.1, -0.05) is 29.4 Å². The summed E-state index contributed by atoms with van der Waals surface area (Å²) in [5, 5.41) is 9.92. The third-order valence-corrected chi connectivity index (χ3v) is 7.38. The molecule has 0 saturated carbocycles. The van der Waals surface area contributed by atoms with E-state index in [1.807, 2.05) is 30.5 Å². The van der Waals surface area contributed by atoms with Gasteiger partial charge in [0.2, 0.25) is 11.8 Å². The van der Waals surface area contributed by atoms with Crippen molar-refractivity contribution in [3.8, 4) is 0 Å². The minimum Gasteiger partial charge on any atom is -0.407 e. The number of nitrogens with zero attached hydrogens (tertiary/aromatic N) is 2. The summed E-state index contributed by atoms with van der Waals surface area (Å²) in [5.41, 5.74) is 1.72. The van der Waals surface area contributed by atoms with Crippen molar-refractivity contribution in [3.63, 3.8) is 0 Å². The Balaban J connectivity index is 1.58. The molecule has 9 heteroatoms. The van der Waals surface area contributed by atoms with E-state index < -0.39 is 15.1 Å². The summed E-state index contributed by atoms with van der Waals surface area (Å²) < 4.78 is 29.9. The average Bonchev–Trinajstić information content (AvgIpc) is 3.15. The summed E-state index contributed by atoms with van der Waals surface area (Å²) in [5.74, 6) is 0.0828. The zero-order valence-corrected chi connectivity index (χ0v) is 18.6. The second-order valence-electron chi connectivity index (χ2n) is 6.99. The molecule has 0 bridgehead atoms. The third kappa shape index (κ3) is 5.48. The Hall–Kier alpha value is -2.65. The molecule has 1 heterocycles. The van der Waals surface area contributed by atoms with Crippen molar-refractivity contribution in [1.29, 1.82) is 0 Å². The van der Waals surface area contributed by atoms with Crippen LogP contribution in [0.15, 0.2) is 62.7 Å². The fraction of sp³-hybridized carbons (Fsp3) is 0.286. The van der Waals surface area contributed by atoms with Crippen molar-refractivity contribution < 1.29 is 17.6 Å². The van der Waals surface area contributed by atoms with Gasteiger partial charge in [0.25, 0.3) is 0 Å². The summed E-state index contributed by atoms with van der Waals surface area (Å²) in [7, 11) is -3.31. The van der Waals surface area contributed by atoms with Gasteiger partial charge in [0.15, 0.2) is 9.84 Å². The molecule has 0 atom stereocenters. The van der Waals surface area contributed by atoms with E-state index in [2.05, 4.69) is 15.5 Å². The standard InChI is InChI=1S/C21H23N3O4S2/c1-14(2)30(26,27)18-10-6-16(7-11-18)13-20-23-24-21(28-20)22-19(25)12-15-4-8-17(29-3)9-5-15/h4-11,14H,12-13H2,1-3H3,(H,22,24,25). The van der Waals surface area contributed by atoms with Gasteiger partial charge in [-0.3, -0.25) is 10.1 Å². The van der Waals surface area contributed by atoms with Gasteiger partial charge in [0.05, 0.1) is 23.0 Å². The van der Waals surface area contributed by atoms with Crippen molar-refractivity contribution >= 4 is 33.5 Å². The normalized spacial score (nSPS) is 11.6. The fourth-order valence-corrected chi connectivity index (χ4v) is 4.18. The van der Waals surface area contributed by atoms with Crippen LogP contribution in [0.3, 0.4) is 0 Å². The Bertz CT molecular complexity index is 1110. The van der Waals surface area contributed by atoms with Gasteiger partial charge in [-0.15, -0.1) is 16.9 Å². The van der Waals surface area contributed by atoms with Gasteiger partial charge in [0.1, 0.15) is 0 Å². The molecule has 1 amide bonds. The monoisotopic (exact) mass is 445 g/mol. The molecule has 3 aromatic rings. The van der Waals surface area contributed by atoms with Crippen LogP contribution in [0, 0.1) is 0 Å². The molecule has 7 nitrogen and oxygen atoms in total. The predicted octanol–water partition coefficient (Wildman–Crippen LogP) is 3.75. The maximum absolute atomic E-state index is 12.2. The Labute approximate surface area is 180 Å². The van der Waals surface area contributed by atoms with E-state index in [-0.39, 0.29) is 23.2 Å². The highest BCUT2D eigenvalue weighted by Crippen LogP contribution is 2.19. The van der Waals surface area contributed by atoms with Crippen LogP contribution >= 0.6 is 11.8 Å². The zero-order chi connectivity index (χ0) is 21.7. The molecule has 0 saturated heterocycles. The van der Waals surface area contributed by atoms with Crippen LogP contribution in [0.4, 0.5) is 6.01 Å². The number of amides is 1. The second kappa shape index (κ2) is 9.44. The number of hydrogen-bond acceptors (Lipinski definition) is 7. The number of sulfone groups is 1. The lowest BCUT2D eigenvalue weighted by Gasteiger charge is -2.08. The maximum atomic E-state index is 12.2. The molecule has 1 aromatic heterocycles. The number of carbonyl (C=O) groups excluding carboxylic acids is 1. The number of benzene rings is 2. The average molecular weight is 446 g/mol. The van der Waals surface area contributed by atoms with E-state index in [0.29, 0.717) is 12.3 Å². The lowest BCUT2D eigenvalue weighted by molar-refractivity contribution is -0.115. The summed E-state index contributed by atoms with van der Waals surface area (Å²) in [6, 6.07) is 14.4. The number of carbonyl (C=O) groups is 1. The van der Waals surface area contributed by atoms with Crippen molar-refractivity contribution in [2.45, 2.75) is 41.7 Å². The van der Waals surface area contributed by atoms with E-state index in [4.69, 9.17) is 4.42 Å². The van der Waals surface area contributed by atoms with E-state index in [1.54, 1.807) is 49.9 Å². The Morgan fingerprint density at radius 2 is 1.67 bits per heavy atom. The van der Waals surface area contributed by atoms with Gasteiger partial charge in [-0.2, -0.15) is 0 Å². The molecular weight excluding hydrogens is 422 g/mol. The zero-order valence-electron chi connectivity index (χ0n) is 17.0. The third-order valence-electron chi connectivity index (χ3n) is 4.46. The first kappa shape index (κ1) is 22.0. The molecule has 0 spiro atoms. The van der Waals surface area contributed by atoms with Crippen LogP contribution in [-0.4, -0.2) is 36.0 Å². The van der Waals surface area contributed by atoms with E-state index in [1.165, 1.54) is 0 Å². The van der Waals surface area contributed by atoms with Gasteiger partial charge in [-0.05, 0) is 55.5 Å². The number of aromatic nitrogens is 2. The SMILES string of the molecule is CSc1ccc(CC(=O)Nc2nnc(Cc3ccc(S(=O)(=O)C(C)C)cc3)o2)cc1. The lowest BCUT2D eigenvalue weighted by Crippen LogP contribution is -2.14. The Morgan fingerprint density at radius 3 is 2.27 bits per heavy atom. The van der Waals surface area contributed by atoms with E-state index >= 15 is 0 Å². The highest BCUT2D eigenvalue weighted by molar-refractivity contribution is 7.98. The first-order chi connectivity index (χ1) is 14.3. The summed E-state index contributed by atoms with van der Waals surface area (Å²) in [4.78, 5) is 13.6. The molecule has 0 radical (unpaired) electrons. The molecular formula is C21H23N3O4S2.